The average molecular weight is 250 g/mol. The van der Waals surface area contributed by atoms with Crippen molar-refractivity contribution in [2.24, 2.45) is 0 Å². The Hall–Kier alpha value is -1.01. The monoisotopic (exact) mass is 250 g/mol. The summed E-state index contributed by atoms with van der Waals surface area (Å²) in [6.45, 7) is 1.46. The molecule has 0 aliphatic carbocycles. The van der Waals surface area contributed by atoms with E-state index in [-0.39, 0.29) is 12.0 Å². The van der Waals surface area contributed by atoms with E-state index in [0.29, 0.717) is 0 Å². The molecule has 0 heterocycles. The predicted molar refractivity (Wildman–Crippen MR) is 55.0 cm³/mol. The first-order chi connectivity index (χ1) is 7.35. The molecule has 16 heavy (non-hydrogen) atoms. The number of sulfone groups is 1. The van der Waals surface area contributed by atoms with E-state index in [4.69, 9.17) is 5.11 Å². The van der Waals surface area contributed by atoms with E-state index in [1.807, 2.05) is 0 Å². The summed E-state index contributed by atoms with van der Waals surface area (Å²) in [6.07, 6.45) is -0.753. The van der Waals surface area contributed by atoms with E-state index in [1.165, 1.54) is 19.1 Å². The van der Waals surface area contributed by atoms with Crippen LogP contribution >= 0.6 is 0 Å². The first kappa shape index (κ1) is 13.1. The summed E-state index contributed by atoms with van der Waals surface area (Å²) in [7, 11) is -4.60. The highest BCUT2D eigenvalue weighted by molar-refractivity contribution is 7.91. The molecule has 6 heteroatoms. The number of alkyl halides is 2. The summed E-state index contributed by atoms with van der Waals surface area (Å²) < 4.78 is 47.3. The number of hydrogen-bond acceptors (Lipinski definition) is 3. The molecule has 0 amide bonds. The summed E-state index contributed by atoms with van der Waals surface area (Å²) in [6, 6.07) is 5.46. The van der Waals surface area contributed by atoms with Crippen LogP contribution in [0.25, 0.3) is 0 Å². The molecule has 0 bridgehead atoms. The predicted octanol–water partition coefficient (Wildman–Crippen LogP) is 1.61. The normalized spacial score (nSPS) is 14.1. The Morgan fingerprint density at radius 3 is 2.38 bits per heavy atom. The molecule has 0 saturated carbocycles. The number of hydrogen-bond donors (Lipinski definition) is 1. The summed E-state index contributed by atoms with van der Waals surface area (Å²) in [5.41, 5.74) is 0.206. The third kappa shape index (κ3) is 2.76. The van der Waals surface area contributed by atoms with Crippen molar-refractivity contribution in [2.45, 2.75) is 30.1 Å². The molecular weight excluding hydrogens is 238 g/mol. The number of halogens is 2. The first-order valence-corrected chi connectivity index (χ1v) is 6.18. The maximum Gasteiger partial charge on any atom is 0.341 e. The standard InChI is InChI=1S/C10H12F2O3S/c1-7(13)6-8-4-2-3-5-9(8)16(14,15)10(11)12/h2-5,7,10,13H,6H2,1H3. The van der Waals surface area contributed by atoms with Crippen LogP contribution in [0.15, 0.2) is 29.2 Å². The fourth-order valence-electron chi connectivity index (χ4n) is 1.36. The Morgan fingerprint density at radius 1 is 1.31 bits per heavy atom. The van der Waals surface area contributed by atoms with Crippen LogP contribution in [0.3, 0.4) is 0 Å². The number of aliphatic hydroxyl groups is 1. The van der Waals surface area contributed by atoms with E-state index in [1.54, 1.807) is 6.07 Å². The largest absolute Gasteiger partial charge is 0.393 e. The third-order valence-electron chi connectivity index (χ3n) is 2.03. The molecule has 0 aliphatic heterocycles. The first-order valence-electron chi connectivity index (χ1n) is 4.63. The smallest absolute Gasteiger partial charge is 0.341 e. The maximum absolute atomic E-state index is 12.4. The Morgan fingerprint density at radius 2 is 1.88 bits per heavy atom. The summed E-state index contributed by atoms with van der Waals surface area (Å²) in [5, 5.41) is 9.15. The second-order valence-corrected chi connectivity index (χ2v) is 5.35. The van der Waals surface area contributed by atoms with Gasteiger partial charge < -0.3 is 5.11 Å². The van der Waals surface area contributed by atoms with Gasteiger partial charge in [-0.15, -0.1) is 0 Å². The third-order valence-corrected chi connectivity index (χ3v) is 3.51. The molecular formula is C10H12F2O3S. The topological polar surface area (TPSA) is 54.4 Å². The lowest BCUT2D eigenvalue weighted by Gasteiger charge is -2.10. The van der Waals surface area contributed by atoms with Gasteiger partial charge in [0.25, 0.3) is 0 Å². The van der Waals surface area contributed by atoms with E-state index in [2.05, 4.69) is 0 Å². The van der Waals surface area contributed by atoms with Gasteiger partial charge in [-0.05, 0) is 25.0 Å². The van der Waals surface area contributed by atoms with Gasteiger partial charge >= 0.3 is 5.76 Å². The zero-order chi connectivity index (χ0) is 12.3. The lowest BCUT2D eigenvalue weighted by molar-refractivity contribution is 0.194. The van der Waals surface area contributed by atoms with Crippen molar-refractivity contribution < 1.29 is 22.3 Å². The Labute approximate surface area is 92.6 Å². The van der Waals surface area contributed by atoms with Gasteiger partial charge in [-0.25, -0.2) is 8.42 Å². The van der Waals surface area contributed by atoms with Gasteiger partial charge in [0.2, 0.25) is 9.84 Å². The van der Waals surface area contributed by atoms with Gasteiger partial charge in [0.1, 0.15) is 0 Å². The van der Waals surface area contributed by atoms with Crippen molar-refractivity contribution >= 4 is 9.84 Å². The maximum atomic E-state index is 12.4. The molecule has 1 atom stereocenters. The highest BCUT2D eigenvalue weighted by Crippen LogP contribution is 2.23. The zero-order valence-electron chi connectivity index (χ0n) is 8.60. The van der Waals surface area contributed by atoms with Gasteiger partial charge in [-0.1, -0.05) is 18.2 Å². The Bertz CT molecular complexity index is 455. The molecule has 0 aromatic heterocycles. The van der Waals surface area contributed by atoms with Crippen molar-refractivity contribution in [2.75, 3.05) is 0 Å². The molecule has 1 aromatic rings. The minimum absolute atomic E-state index is 0.0299. The van der Waals surface area contributed by atoms with Crippen LogP contribution in [0.2, 0.25) is 0 Å². The molecule has 0 fully saturated rings. The van der Waals surface area contributed by atoms with E-state index in [9.17, 15) is 17.2 Å². The van der Waals surface area contributed by atoms with Crippen LogP contribution in [0.5, 0.6) is 0 Å². The van der Waals surface area contributed by atoms with Gasteiger partial charge in [0.15, 0.2) is 0 Å². The SMILES string of the molecule is CC(O)Cc1ccccc1S(=O)(=O)C(F)F. The number of aliphatic hydroxyl groups excluding tert-OH is 1. The summed E-state index contributed by atoms with van der Waals surface area (Å²) in [5.74, 6) is -3.44. The molecule has 1 aromatic carbocycles. The quantitative estimate of drug-likeness (QED) is 0.883. The van der Waals surface area contributed by atoms with E-state index >= 15 is 0 Å². The highest BCUT2D eigenvalue weighted by atomic mass is 32.2. The van der Waals surface area contributed by atoms with Crippen LogP contribution in [-0.4, -0.2) is 25.4 Å². The minimum Gasteiger partial charge on any atom is -0.393 e. The van der Waals surface area contributed by atoms with E-state index < -0.39 is 26.6 Å². The lowest BCUT2D eigenvalue weighted by atomic mass is 10.1. The van der Waals surface area contributed by atoms with Crippen LogP contribution in [-0.2, 0) is 16.3 Å². The van der Waals surface area contributed by atoms with Crippen LogP contribution in [0, 0.1) is 0 Å². The fourth-order valence-corrected chi connectivity index (χ4v) is 2.34. The summed E-state index contributed by atoms with van der Waals surface area (Å²) in [4.78, 5) is -0.411. The molecule has 1 rings (SSSR count). The molecule has 1 N–H and O–H groups in total. The second kappa shape index (κ2) is 4.88. The molecule has 0 radical (unpaired) electrons. The number of benzene rings is 1. The van der Waals surface area contributed by atoms with Gasteiger partial charge in [0.05, 0.1) is 11.0 Å². The van der Waals surface area contributed by atoms with Gasteiger partial charge in [-0.3, -0.25) is 0 Å². The van der Waals surface area contributed by atoms with Crippen LogP contribution in [0.1, 0.15) is 12.5 Å². The van der Waals surface area contributed by atoms with Crippen molar-refractivity contribution in [1.82, 2.24) is 0 Å². The summed E-state index contributed by atoms with van der Waals surface area (Å²) >= 11 is 0. The molecule has 90 valence electrons. The molecule has 0 saturated heterocycles. The fraction of sp³-hybridized carbons (Fsp3) is 0.400. The average Bonchev–Trinajstić information content (AvgIpc) is 2.17. The van der Waals surface area contributed by atoms with Gasteiger partial charge in [0, 0.05) is 0 Å². The molecule has 3 nitrogen and oxygen atoms in total. The molecule has 0 spiro atoms. The zero-order valence-corrected chi connectivity index (χ0v) is 9.42. The minimum atomic E-state index is -4.60. The van der Waals surface area contributed by atoms with Crippen molar-refractivity contribution in [1.29, 1.82) is 0 Å². The van der Waals surface area contributed by atoms with E-state index in [0.717, 1.165) is 6.07 Å². The Balaban J connectivity index is 3.24. The Kier molecular flexibility index (Phi) is 3.98. The van der Waals surface area contributed by atoms with Crippen molar-refractivity contribution in [3.05, 3.63) is 29.8 Å². The number of rotatable bonds is 4. The second-order valence-electron chi connectivity index (χ2n) is 3.47. The van der Waals surface area contributed by atoms with Crippen LogP contribution in [0.4, 0.5) is 8.78 Å². The molecule has 0 aliphatic rings. The van der Waals surface area contributed by atoms with Crippen molar-refractivity contribution in [3.63, 3.8) is 0 Å². The van der Waals surface area contributed by atoms with Gasteiger partial charge in [-0.2, -0.15) is 8.78 Å². The highest BCUT2D eigenvalue weighted by Gasteiger charge is 2.28. The lowest BCUT2D eigenvalue weighted by Crippen LogP contribution is -2.15. The van der Waals surface area contributed by atoms with Crippen LogP contribution < -0.4 is 0 Å². The molecule has 1 unspecified atom stereocenters. The van der Waals surface area contributed by atoms with Crippen molar-refractivity contribution in [3.8, 4) is 0 Å².